The normalized spacial score (nSPS) is 16.8. The maximum atomic E-state index is 5.21. The van der Waals surface area contributed by atoms with E-state index in [0.29, 0.717) is 0 Å². The van der Waals surface area contributed by atoms with Crippen molar-refractivity contribution in [1.82, 2.24) is 5.32 Å². The molecule has 72 valence electrons. The van der Waals surface area contributed by atoms with Crippen LogP contribution in [0.25, 0.3) is 0 Å². The summed E-state index contributed by atoms with van der Waals surface area (Å²) in [6.07, 6.45) is 5.75. The molecule has 1 aliphatic carbocycles. The molecular weight excluding hydrogens is 150 g/mol. The first kappa shape index (κ1) is 10.0. The number of ether oxygens (including phenoxy) is 1. The number of rotatable bonds is 8. The molecule has 0 aromatic carbocycles. The van der Waals surface area contributed by atoms with Crippen LogP contribution < -0.4 is 5.32 Å². The molecule has 0 aromatic rings. The molecular formula is C10H21NO. The fourth-order valence-electron chi connectivity index (χ4n) is 1.34. The van der Waals surface area contributed by atoms with E-state index in [4.69, 9.17) is 4.74 Å². The van der Waals surface area contributed by atoms with E-state index in [1.807, 2.05) is 6.92 Å². The van der Waals surface area contributed by atoms with Gasteiger partial charge in [-0.1, -0.05) is 12.8 Å². The molecule has 1 rings (SSSR count). The van der Waals surface area contributed by atoms with Crippen LogP contribution in [0.2, 0.25) is 0 Å². The summed E-state index contributed by atoms with van der Waals surface area (Å²) >= 11 is 0. The first-order valence-corrected chi connectivity index (χ1v) is 5.22. The zero-order valence-electron chi connectivity index (χ0n) is 8.14. The second kappa shape index (κ2) is 6.44. The molecule has 0 spiro atoms. The first-order chi connectivity index (χ1) is 5.93. The van der Waals surface area contributed by atoms with E-state index in [2.05, 4.69) is 5.32 Å². The van der Waals surface area contributed by atoms with Gasteiger partial charge in [-0.15, -0.1) is 0 Å². The van der Waals surface area contributed by atoms with Crippen molar-refractivity contribution in [3.8, 4) is 0 Å². The van der Waals surface area contributed by atoms with Crippen LogP contribution in [0.3, 0.4) is 0 Å². The third-order valence-corrected chi connectivity index (χ3v) is 2.29. The maximum absolute atomic E-state index is 5.21. The smallest absolute Gasteiger partial charge is 0.0590 e. The number of nitrogens with one attached hydrogen (secondary N) is 1. The minimum atomic E-state index is 0.837. The molecule has 0 heterocycles. The highest BCUT2D eigenvalue weighted by atomic mass is 16.5. The summed E-state index contributed by atoms with van der Waals surface area (Å²) in [5, 5.41) is 3.38. The predicted molar refractivity (Wildman–Crippen MR) is 51.3 cm³/mol. The lowest BCUT2D eigenvalue weighted by molar-refractivity contribution is 0.149. The van der Waals surface area contributed by atoms with Gasteiger partial charge >= 0.3 is 0 Å². The van der Waals surface area contributed by atoms with Crippen LogP contribution in [0.1, 0.15) is 32.6 Å². The van der Waals surface area contributed by atoms with Gasteiger partial charge in [-0.2, -0.15) is 0 Å². The van der Waals surface area contributed by atoms with Crippen molar-refractivity contribution in [3.63, 3.8) is 0 Å². The van der Waals surface area contributed by atoms with Gasteiger partial charge in [-0.05, 0) is 32.2 Å². The van der Waals surface area contributed by atoms with Gasteiger partial charge in [0.2, 0.25) is 0 Å². The van der Waals surface area contributed by atoms with Gasteiger partial charge in [0.15, 0.2) is 0 Å². The van der Waals surface area contributed by atoms with Crippen LogP contribution in [-0.2, 0) is 4.74 Å². The average Bonchev–Trinajstić information content (AvgIpc) is 2.87. The third kappa shape index (κ3) is 5.56. The largest absolute Gasteiger partial charge is 0.380 e. The molecule has 2 heteroatoms. The van der Waals surface area contributed by atoms with Crippen LogP contribution in [0.4, 0.5) is 0 Å². The Morgan fingerprint density at radius 3 is 2.83 bits per heavy atom. The summed E-state index contributed by atoms with van der Waals surface area (Å²) in [7, 11) is 0. The number of hydrogen-bond donors (Lipinski definition) is 1. The van der Waals surface area contributed by atoms with Gasteiger partial charge in [0, 0.05) is 13.2 Å². The molecule has 0 amide bonds. The Kier molecular flexibility index (Phi) is 5.37. The Labute approximate surface area is 75.7 Å². The van der Waals surface area contributed by atoms with Crippen molar-refractivity contribution < 1.29 is 4.74 Å². The van der Waals surface area contributed by atoms with Crippen LogP contribution in [-0.4, -0.2) is 26.3 Å². The zero-order valence-corrected chi connectivity index (χ0v) is 8.14. The summed E-state index contributed by atoms with van der Waals surface area (Å²) in [4.78, 5) is 0. The molecule has 0 aromatic heterocycles. The van der Waals surface area contributed by atoms with E-state index >= 15 is 0 Å². The Balaban J connectivity index is 1.65. The van der Waals surface area contributed by atoms with Gasteiger partial charge in [0.05, 0.1) is 6.61 Å². The second-order valence-electron chi connectivity index (χ2n) is 3.53. The molecule has 2 nitrogen and oxygen atoms in total. The maximum Gasteiger partial charge on any atom is 0.0590 e. The predicted octanol–water partition coefficient (Wildman–Crippen LogP) is 1.80. The van der Waals surface area contributed by atoms with Crippen LogP contribution >= 0.6 is 0 Å². The molecule has 0 atom stereocenters. The average molecular weight is 171 g/mol. The summed E-state index contributed by atoms with van der Waals surface area (Å²) in [5.41, 5.74) is 0. The highest BCUT2D eigenvalue weighted by Crippen LogP contribution is 2.33. The molecule has 1 N–H and O–H groups in total. The molecule has 1 saturated carbocycles. The van der Waals surface area contributed by atoms with Crippen molar-refractivity contribution in [2.24, 2.45) is 5.92 Å². The van der Waals surface area contributed by atoms with E-state index in [-0.39, 0.29) is 0 Å². The van der Waals surface area contributed by atoms with E-state index in [9.17, 15) is 0 Å². The molecule has 0 saturated heterocycles. The highest BCUT2D eigenvalue weighted by molar-refractivity contribution is 4.72. The highest BCUT2D eigenvalue weighted by Gasteiger charge is 2.19. The van der Waals surface area contributed by atoms with E-state index in [0.717, 1.165) is 25.7 Å². The lowest BCUT2D eigenvalue weighted by Gasteiger charge is -2.03. The molecule has 0 bridgehead atoms. The Bertz CT molecular complexity index is 102. The standard InChI is InChI=1S/C10H21NO/c1-2-12-9-8-11-7-3-4-10-5-6-10/h10-11H,2-9H2,1H3. The molecule has 12 heavy (non-hydrogen) atoms. The van der Waals surface area contributed by atoms with Crippen LogP contribution in [0, 0.1) is 5.92 Å². The Hall–Kier alpha value is -0.0800. The van der Waals surface area contributed by atoms with Crippen molar-refractivity contribution in [2.45, 2.75) is 32.6 Å². The van der Waals surface area contributed by atoms with Gasteiger partial charge < -0.3 is 10.1 Å². The molecule has 0 aliphatic heterocycles. The minimum Gasteiger partial charge on any atom is -0.380 e. The van der Waals surface area contributed by atoms with Crippen molar-refractivity contribution in [3.05, 3.63) is 0 Å². The van der Waals surface area contributed by atoms with Crippen LogP contribution in [0.5, 0.6) is 0 Å². The van der Waals surface area contributed by atoms with Crippen LogP contribution in [0.15, 0.2) is 0 Å². The molecule has 1 fully saturated rings. The summed E-state index contributed by atoms with van der Waals surface area (Å²) < 4.78 is 5.21. The minimum absolute atomic E-state index is 0.837. The van der Waals surface area contributed by atoms with Crippen molar-refractivity contribution >= 4 is 0 Å². The molecule has 0 radical (unpaired) electrons. The quantitative estimate of drug-likeness (QED) is 0.562. The lowest BCUT2D eigenvalue weighted by atomic mass is 10.2. The SMILES string of the molecule is CCOCCNCCCC1CC1. The number of hydrogen-bond acceptors (Lipinski definition) is 2. The van der Waals surface area contributed by atoms with Gasteiger partial charge in [0.25, 0.3) is 0 Å². The van der Waals surface area contributed by atoms with E-state index < -0.39 is 0 Å². The lowest BCUT2D eigenvalue weighted by Crippen LogP contribution is -2.20. The van der Waals surface area contributed by atoms with E-state index in [1.54, 1.807) is 0 Å². The fourth-order valence-corrected chi connectivity index (χ4v) is 1.34. The van der Waals surface area contributed by atoms with Crippen molar-refractivity contribution in [1.29, 1.82) is 0 Å². The Morgan fingerprint density at radius 2 is 2.17 bits per heavy atom. The van der Waals surface area contributed by atoms with E-state index in [1.165, 1.54) is 32.2 Å². The fraction of sp³-hybridized carbons (Fsp3) is 1.00. The Morgan fingerprint density at radius 1 is 1.33 bits per heavy atom. The monoisotopic (exact) mass is 171 g/mol. The van der Waals surface area contributed by atoms with Crippen molar-refractivity contribution in [2.75, 3.05) is 26.3 Å². The van der Waals surface area contributed by atoms with Gasteiger partial charge in [-0.3, -0.25) is 0 Å². The molecule has 1 aliphatic rings. The zero-order chi connectivity index (χ0) is 8.65. The topological polar surface area (TPSA) is 21.3 Å². The summed E-state index contributed by atoms with van der Waals surface area (Å²) in [5.74, 6) is 1.08. The van der Waals surface area contributed by atoms with Gasteiger partial charge in [-0.25, -0.2) is 0 Å². The van der Waals surface area contributed by atoms with Gasteiger partial charge in [0.1, 0.15) is 0 Å². The second-order valence-corrected chi connectivity index (χ2v) is 3.53. The molecule has 0 unspecified atom stereocenters. The third-order valence-electron chi connectivity index (χ3n) is 2.29. The first-order valence-electron chi connectivity index (χ1n) is 5.22. The summed E-state index contributed by atoms with van der Waals surface area (Å²) in [6, 6.07) is 0. The summed E-state index contributed by atoms with van der Waals surface area (Å²) in [6.45, 7) is 5.92.